The molecule has 0 atom stereocenters. The van der Waals surface area contributed by atoms with Gasteiger partial charge in [-0.25, -0.2) is 0 Å². The lowest BCUT2D eigenvalue weighted by molar-refractivity contribution is -0.135. The van der Waals surface area contributed by atoms with E-state index < -0.39 is 17.7 Å². The van der Waals surface area contributed by atoms with Crippen molar-refractivity contribution in [2.75, 3.05) is 0 Å². The third-order valence-electron chi connectivity index (χ3n) is 3.28. The second-order valence-electron chi connectivity index (χ2n) is 4.84. The van der Waals surface area contributed by atoms with Gasteiger partial charge in [0.15, 0.2) is 5.11 Å². The Hall–Kier alpha value is -2.18. The number of furan rings is 1. The smallest absolute Gasteiger partial charge is 0.239 e. The van der Waals surface area contributed by atoms with E-state index >= 15 is 0 Å². The molecule has 1 saturated heterocycles. The second-order valence-corrected chi connectivity index (χ2v) is 5.69. The number of halogens is 1. The first-order chi connectivity index (χ1) is 10.5. The number of amides is 2. The van der Waals surface area contributed by atoms with Crippen LogP contribution in [0.3, 0.4) is 0 Å². The Morgan fingerprint density at radius 1 is 1.14 bits per heavy atom. The van der Waals surface area contributed by atoms with E-state index in [1.165, 1.54) is 0 Å². The monoisotopic (exact) mass is 334 g/mol. The van der Waals surface area contributed by atoms with E-state index in [1.54, 1.807) is 24.3 Å². The van der Waals surface area contributed by atoms with Gasteiger partial charge in [0.1, 0.15) is 17.4 Å². The number of nitrogens with one attached hydrogen (secondary N) is 2. The van der Waals surface area contributed by atoms with Crippen LogP contribution in [0.25, 0.3) is 11.3 Å². The summed E-state index contributed by atoms with van der Waals surface area (Å²) in [5, 5.41) is 5.49. The van der Waals surface area contributed by atoms with Crippen LogP contribution in [0.2, 0.25) is 5.02 Å². The number of carbonyl (C=O) groups excluding carboxylic acids is 2. The van der Waals surface area contributed by atoms with Crippen molar-refractivity contribution in [3.63, 3.8) is 0 Å². The van der Waals surface area contributed by atoms with E-state index in [2.05, 4.69) is 10.6 Å². The molecule has 2 amide bonds. The fourth-order valence-electron chi connectivity index (χ4n) is 2.22. The summed E-state index contributed by atoms with van der Waals surface area (Å²) in [6, 6.07) is 10.8. The number of carbonyl (C=O) groups is 2. The predicted molar refractivity (Wildman–Crippen MR) is 85.2 cm³/mol. The average molecular weight is 335 g/mol. The molecule has 0 unspecified atom stereocenters. The molecular weight excluding hydrogens is 324 g/mol. The normalized spacial score (nSPS) is 15.6. The van der Waals surface area contributed by atoms with Crippen LogP contribution in [0.5, 0.6) is 0 Å². The molecule has 1 aromatic heterocycles. The lowest BCUT2D eigenvalue weighted by atomic mass is 10.0. The van der Waals surface area contributed by atoms with Crippen LogP contribution >= 0.6 is 23.8 Å². The van der Waals surface area contributed by atoms with Crippen molar-refractivity contribution >= 4 is 40.7 Å². The van der Waals surface area contributed by atoms with Gasteiger partial charge in [0.05, 0.1) is 0 Å². The minimum absolute atomic E-state index is 0.0327. The third kappa shape index (κ3) is 3.03. The van der Waals surface area contributed by atoms with E-state index in [-0.39, 0.29) is 11.5 Å². The van der Waals surface area contributed by atoms with Crippen LogP contribution in [0.1, 0.15) is 5.76 Å². The van der Waals surface area contributed by atoms with Crippen LogP contribution < -0.4 is 10.6 Å². The number of hydrogen-bond donors (Lipinski definition) is 2. The molecule has 1 aliphatic heterocycles. The lowest BCUT2D eigenvalue weighted by Crippen LogP contribution is -2.56. The topological polar surface area (TPSA) is 71.3 Å². The van der Waals surface area contributed by atoms with Crippen molar-refractivity contribution in [1.82, 2.24) is 10.6 Å². The first kappa shape index (κ1) is 14.7. The Morgan fingerprint density at radius 3 is 2.55 bits per heavy atom. The van der Waals surface area contributed by atoms with Crippen molar-refractivity contribution in [3.05, 3.63) is 47.2 Å². The molecule has 2 heterocycles. The molecule has 0 saturated carbocycles. The molecule has 0 bridgehead atoms. The largest absolute Gasteiger partial charge is 0.461 e. The van der Waals surface area contributed by atoms with E-state index in [4.69, 9.17) is 28.2 Å². The summed E-state index contributed by atoms with van der Waals surface area (Å²) in [5.41, 5.74) is 0.831. The van der Waals surface area contributed by atoms with Crippen molar-refractivity contribution in [1.29, 1.82) is 0 Å². The molecule has 1 fully saturated rings. The standard InChI is InChI=1S/C15H11ClN2O3S/c16-9-3-1-2-8(6-9)12-5-4-10(21-12)7-11-13(19)17-15(22)18-14(11)20/h1-6,11H,7H2,(H2,17,18,19,20,22). The Kier molecular flexibility index (Phi) is 3.96. The molecular formula is C15H11ClN2O3S. The molecule has 1 aromatic carbocycles. The highest BCUT2D eigenvalue weighted by Gasteiger charge is 2.33. The molecule has 2 N–H and O–H groups in total. The molecule has 0 radical (unpaired) electrons. The molecule has 5 nitrogen and oxygen atoms in total. The van der Waals surface area contributed by atoms with E-state index in [1.807, 2.05) is 12.1 Å². The summed E-state index contributed by atoms with van der Waals surface area (Å²) in [4.78, 5) is 23.6. The van der Waals surface area contributed by atoms with E-state index in [0.29, 0.717) is 16.5 Å². The van der Waals surface area contributed by atoms with E-state index in [0.717, 1.165) is 5.56 Å². The number of thiocarbonyl (C=S) groups is 1. The van der Waals surface area contributed by atoms with Gasteiger partial charge in [0.2, 0.25) is 11.8 Å². The molecule has 0 spiro atoms. The van der Waals surface area contributed by atoms with Crippen LogP contribution in [0.15, 0.2) is 40.8 Å². The SMILES string of the molecule is O=C1NC(=S)NC(=O)C1Cc1ccc(-c2cccc(Cl)c2)o1. The quantitative estimate of drug-likeness (QED) is 0.667. The number of hydrogen-bond acceptors (Lipinski definition) is 4. The van der Waals surface area contributed by atoms with Crippen molar-refractivity contribution < 1.29 is 14.0 Å². The number of benzene rings is 1. The lowest BCUT2D eigenvalue weighted by Gasteiger charge is -2.21. The summed E-state index contributed by atoms with van der Waals surface area (Å²) >= 11 is 10.7. The van der Waals surface area contributed by atoms with Gasteiger partial charge in [0.25, 0.3) is 0 Å². The fraction of sp³-hybridized carbons (Fsp3) is 0.133. The van der Waals surface area contributed by atoms with Crippen LogP contribution in [-0.2, 0) is 16.0 Å². The van der Waals surface area contributed by atoms with Crippen molar-refractivity contribution in [2.45, 2.75) is 6.42 Å². The predicted octanol–water partition coefficient (Wildman–Crippen LogP) is 2.29. The molecule has 3 rings (SSSR count). The van der Waals surface area contributed by atoms with Gasteiger partial charge >= 0.3 is 0 Å². The van der Waals surface area contributed by atoms with Gasteiger partial charge in [-0.2, -0.15) is 0 Å². The summed E-state index contributed by atoms with van der Waals surface area (Å²) < 4.78 is 5.70. The maximum absolute atomic E-state index is 11.8. The van der Waals surface area contributed by atoms with Crippen molar-refractivity contribution in [2.24, 2.45) is 5.92 Å². The highest BCUT2D eigenvalue weighted by Crippen LogP contribution is 2.26. The fourth-order valence-corrected chi connectivity index (χ4v) is 2.61. The van der Waals surface area contributed by atoms with Gasteiger partial charge in [-0.1, -0.05) is 23.7 Å². The maximum Gasteiger partial charge on any atom is 0.239 e. The van der Waals surface area contributed by atoms with Gasteiger partial charge in [0, 0.05) is 17.0 Å². The Labute approximate surface area is 136 Å². The Balaban J connectivity index is 1.78. The van der Waals surface area contributed by atoms with Crippen LogP contribution in [-0.4, -0.2) is 16.9 Å². The van der Waals surface area contributed by atoms with Crippen LogP contribution in [0.4, 0.5) is 0 Å². The first-order valence-corrected chi connectivity index (χ1v) is 7.32. The minimum Gasteiger partial charge on any atom is -0.461 e. The maximum atomic E-state index is 11.8. The highest BCUT2D eigenvalue weighted by molar-refractivity contribution is 7.80. The zero-order valence-corrected chi connectivity index (χ0v) is 12.8. The Morgan fingerprint density at radius 2 is 1.86 bits per heavy atom. The summed E-state index contributed by atoms with van der Waals surface area (Å²) in [6.07, 6.45) is 0.168. The minimum atomic E-state index is -0.856. The molecule has 2 aromatic rings. The van der Waals surface area contributed by atoms with Crippen molar-refractivity contribution in [3.8, 4) is 11.3 Å². The highest BCUT2D eigenvalue weighted by atomic mass is 35.5. The zero-order valence-electron chi connectivity index (χ0n) is 11.3. The van der Waals surface area contributed by atoms with Gasteiger partial charge in [-0.15, -0.1) is 0 Å². The summed E-state index contributed by atoms with van der Waals surface area (Å²) in [7, 11) is 0. The van der Waals surface area contributed by atoms with Gasteiger partial charge in [-0.3, -0.25) is 9.59 Å². The van der Waals surface area contributed by atoms with Crippen LogP contribution in [0, 0.1) is 5.92 Å². The van der Waals surface area contributed by atoms with E-state index in [9.17, 15) is 9.59 Å². The summed E-state index contributed by atoms with van der Waals surface area (Å²) in [5.74, 6) is -0.531. The number of rotatable bonds is 3. The molecule has 112 valence electrons. The molecule has 0 aliphatic carbocycles. The summed E-state index contributed by atoms with van der Waals surface area (Å²) in [6.45, 7) is 0. The zero-order chi connectivity index (χ0) is 15.7. The second kappa shape index (κ2) is 5.90. The first-order valence-electron chi connectivity index (χ1n) is 6.53. The third-order valence-corrected chi connectivity index (χ3v) is 3.72. The van der Waals surface area contributed by atoms with Gasteiger partial charge in [-0.05, 0) is 36.5 Å². The average Bonchev–Trinajstić information content (AvgIpc) is 2.91. The molecule has 22 heavy (non-hydrogen) atoms. The molecule has 1 aliphatic rings. The Bertz CT molecular complexity index is 752. The molecule has 7 heteroatoms. The van der Waals surface area contributed by atoms with Gasteiger partial charge < -0.3 is 15.1 Å².